The first-order chi connectivity index (χ1) is 18.5. The molecule has 3 aromatic carbocycles. The Morgan fingerprint density at radius 2 is 1.82 bits per heavy atom. The summed E-state index contributed by atoms with van der Waals surface area (Å²) >= 11 is 1.15. The number of amides is 1. The minimum absolute atomic E-state index is 0.156. The molecule has 2 heterocycles. The summed E-state index contributed by atoms with van der Waals surface area (Å²) in [4.78, 5) is 24.6. The van der Waals surface area contributed by atoms with Crippen LogP contribution in [-0.4, -0.2) is 46.4 Å². The van der Waals surface area contributed by atoms with Crippen LogP contribution in [0.1, 0.15) is 12.5 Å². The van der Waals surface area contributed by atoms with Crippen LogP contribution in [0.15, 0.2) is 60.7 Å². The first kappa shape index (κ1) is 25.0. The van der Waals surface area contributed by atoms with Crippen molar-refractivity contribution in [1.82, 2.24) is 13.3 Å². The zero-order chi connectivity index (χ0) is 26.6. The van der Waals surface area contributed by atoms with E-state index in [0.717, 1.165) is 39.2 Å². The van der Waals surface area contributed by atoms with Gasteiger partial charge in [-0.15, -0.1) is 0 Å². The molecule has 1 N–H and O–H groups in total. The molecule has 38 heavy (non-hydrogen) atoms. The fourth-order valence-corrected chi connectivity index (χ4v) is 4.80. The van der Waals surface area contributed by atoms with Crippen LogP contribution in [0.2, 0.25) is 0 Å². The van der Waals surface area contributed by atoms with E-state index in [1.165, 1.54) is 7.11 Å². The second-order valence-corrected chi connectivity index (χ2v) is 8.72. The maximum atomic E-state index is 12.6. The van der Waals surface area contributed by atoms with E-state index in [1.807, 2.05) is 53.1 Å². The molecule has 0 spiro atoms. The van der Waals surface area contributed by atoms with Crippen molar-refractivity contribution in [3.05, 3.63) is 66.2 Å². The van der Waals surface area contributed by atoms with Crippen molar-refractivity contribution in [2.75, 3.05) is 26.1 Å². The number of rotatable bonds is 7. The average molecular weight is 533 g/mol. The van der Waals surface area contributed by atoms with Gasteiger partial charge in [0.15, 0.2) is 0 Å². The smallest absolute Gasteiger partial charge is 0.496 e. The van der Waals surface area contributed by atoms with Gasteiger partial charge in [0, 0.05) is 16.6 Å². The quantitative estimate of drug-likeness (QED) is 0.251. The van der Waals surface area contributed by atoms with Crippen molar-refractivity contribution in [2.45, 2.75) is 13.5 Å². The number of ether oxygens (including phenoxy) is 4. The van der Waals surface area contributed by atoms with Gasteiger partial charge < -0.3 is 23.5 Å². The van der Waals surface area contributed by atoms with Crippen LogP contribution in [0.3, 0.4) is 0 Å². The third-order valence-electron chi connectivity index (χ3n) is 5.92. The van der Waals surface area contributed by atoms with Crippen LogP contribution in [0.5, 0.6) is 11.6 Å². The molecule has 0 aliphatic carbocycles. The molecule has 0 bridgehead atoms. The third-order valence-corrected chi connectivity index (χ3v) is 6.48. The van der Waals surface area contributed by atoms with Crippen molar-refractivity contribution >= 4 is 51.6 Å². The van der Waals surface area contributed by atoms with Crippen molar-refractivity contribution in [1.29, 1.82) is 0 Å². The summed E-state index contributed by atoms with van der Waals surface area (Å²) in [7, 11) is 2.87. The lowest BCUT2D eigenvalue weighted by atomic mass is 10.0. The molecule has 0 atom stereocenters. The molecule has 0 aliphatic rings. The zero-order valence-electron chi connectivity index (χ0n) is 20.9. The summed E-state index contributed by atoms with van der Waals surface area (Å²) < 4.78 is 31.9. The van der Waals surface area contributed by atoms with E-state index >= 15 is 0 Å². The summed E-state index contributed by atoms with van der Waals surface area (Å²) in [6.45, 7) is 2.22. The molecule has 10 nitrogen and oxygen atoms in total. The molecule has 5 rings (SSSR count). The van der Waals surface area contributed by atoms with E-state index in [1.54, 1.807) is 26.2 Å². The largest absolute Gasteiger partial charge is 0.515 e. The molecular weight excluding hydrogens is 508 g/mol. The van der Waals surface area contributed by atoms with Crippen LogP contribution in [0.4, 0.5) is 15.3 Å². The summed E-state index contributed by atoms with van der Waals surface area (Å²) in [5.41, 5.74) is 5.10. The number of nitrogens with zero attached hydrogens (tertiary/aromatic N) is 3. The van der Waals surface area contributed by atoms with Crippen LogP contribution in [-0.2, 0) is 16.0 Å². The second kappa shape index (κ2) is 10.8. The fourth-order valence-electron chi connectivity index (χ4n) is 4.29. The summed E-state index contributed by atoms with van der Waals surface area (Å²) in [6, 6.07) is 18.7. The number of carbonyl (C=O) groups is 2. The van der Waals surface area contributed by atoms with Crippen molar-refractivity contribution in [2.24, 2.45) is 0 Å². The Labute approximate surface area is 222 Å². The van der Waals surface area contributed by atoms with E-state index in [4.69, 9.17) is 18.9 Å². The number of hydrogen-bond donors (Lipinski definition) is 1. The molecule has 2 aromatic heterocycles. The highest BCUT2D eigenvalue weighted by Gasteiger charge is 2.26. The summed E-state index contributed by atoms with van der Waals surface area (Å²) in [6.07, 6.45) is -1.43. The molecule has 0 saturated carbocycles. The lowest BCUT2D eigenvalue weighted by Crippen LogP contribution is -2.14. The predicted molar refractivity (Wildman–Crippen MR) is 144 cm³/mol. The molecular formula is C27H24N4O6S. The molecule has 0 unspecified atom stereocenters. The Balaban J connectivity index is 1.76. The third kappa shape index (κ3) is 4.83. The van der Waals surface area contributed by atoms with Crippen LogP contribution in [0.25, 0.3) is 33.1 Å². The van der Waals surface area contributed by atoms with Gasteiger partial charge in [0.2, 0.25) is 5.88 Å². The molecule has 0 saturated heterocycles. The minimum atomic E-state index is -0.834. The SMILES string of the molecule is CCOC(=O)Oc1c(-c2ccccc2OC)c2cc(NC(=O)OC)ccc2n1Cc1ccc2nsnc2c1. The van der Waals surface area contributed by atoms with Gasteiger partial charge in [-0.1, -0.05) is 24.3 Å². The number of aromatic nitrogens is 3. The Morgan fingerprint density at radius 3 is 2.61 bits per heavy atom. The number of fused-ring (bicyclic) bond motifs is 2. The Kier molecular flexibility index (Phi) is 7.09. The second-order valence-electron chi connectivity index (χ2n) is 8.19. The summed E-state index contributed by atoms with van der Waals surface area (Å²) in [5, 5.41) is 3.42. The zero-order valence-corrected chi connectivity index (χ0v) is 21.7. The molecule has 0 aliphatic heterocycles. The number of hydrogen-bond acceptors (Lipinski definition) is 9. The Hall–Kier alpha value is -4.64. The van der Waals surface area contributed by atoms with Crippen molar-refractivity contribution in [3.63, 3.8) is 0 Å². The highest BCUT2D eigenvalue weighted by atomic mass is 32.1. The summed E-state index contributed by atoms with van der Waals surface area (Å²) in [5.74, 6) is 0.858. The molecule has 194 valence electrons. The van der Waals surface area contributed by atoms with Gasteiger partial charge in [-0.05, 0) is 48.9 Å². The Morgan fingerprint density at radius 1 is 1.00 bits per heavy atom. The van der Waals surface area contributed by atoms with Gasteiger partial charge in [-0.25, -0.2) is 9.59 Å². The van der Waals surface area contributed by atoms with Crippen LogP contribution in [0, 0.1) is 0 Å². The van der Waals surface area contributed by atoms with Crippen molar-refractivity contribution in [3.8, 4) is 22.8 Å². The van der Waals surface area contributed by atoms with Crippen molar-refractivity contribution < 1.29 is 28.5 Å². The van der Waals surface area contributed by atoms with Crippen LogP contribution < -0.4 is 14.8 Å². The first-order valence-corrected chi connectivity index (χ1v) is 12.5. The average Bonchev–Trinajstić information content (AvgIpc) is 3.51. The number of anilines is 1. The molecule has 5 aromatic rings. The molecule has 11 heteroatoms. The van der Waals surface area contributed by atoms with Gasteiger partial charge in [0.05, 0.1) is 50.2 Å². The molecule has 0 radical (unpaired) electrons. The number of carbonyl (C=O) groups excluding carboxylic acids is 2. The maximum absolute atomic E-state index is 12.6. The number of benzene rings is 3. The van der Waals surface area contributed by atoms with E-state index in [0.29, 0.717) is 29.1 Å². The van der Waals surface area contributed by atoms with E-state index < -0.39 is 12.2 Å². The first-order valence-electron chi connectivity index (χ1n) is 11.7. The van der Waals surface area contributed by atoms with E-state index in [9.17, 15) is 9.59 Å². The normalized spacial score (nSPS) is 10.9. The van der Waals surface area contributed by atoms with Crippen LogP contribution >= 0.6 is 11.7 Å². The standard InChI is InChI=1S/C27H24N4O6S/c1-4-36-27(33)37-25-24(18-7-5-6-8-23(18)34-2)19-14-17(28-26(32)35-3)10-12-22(19)31(25)15-16-9-11-20-21(13-16)30-38-29-20/h5-14H,4,15H2,1-3H3,(H,28,32). The lowest BCUT2D eigenvalue weighted by Gasteiger charge is -2.14. The maximum Gasteiger partial charge on any atom is 0.515 e. The van der Waals surface area contributed by atoms with Gasteiger partial charge in [-0.2, -0.15) is 8.75 Å². The Bertz CT molecular complexity index is 1640. The highest BCUT2D eigenvalue weighted by Crippen LogP contribution is 2.45. The van der Waals surface area contributed by atoms with Gasteiger partial charge in [-0.3, -0.25) is 5.32 Å². The van der Waals surface area contributed by atoms with E-state index in [-0.39, 0.29) is 12.5 Å². The topological polar surface area (TPSA) is 114 Å². The molecule has 0 fully saturated rings. The number of nitrogens with one attached hydrogen (secondary N) is 1. The number of para-hydroxylation sites is 1. The van der Waals surface area contributed by atoms with Gasteiger partial charge in [0.1, 0.15) is 16.8 Å². The monoisotopic (exact) mass is 532 g/mol. The fraction of sp³-hybridized carbons (Fsp3) is 0.185. The van der Waals surface area contributed by atoms with Gasteiger partial charge in [0.25, 0.3) is 0 Å². The molecule has 1 amide bonds. The predicted octanol–water partition coefficient (Wildman–Crippen LogP) is 6.08. The van der Waals surface area contributed by atoms with Gasteiger partial charge >= 0.3 is 12.2 Å². The number of methoxy groups -OCH3 is 2. The van der Waals surface area contributed by atoms with E-state index in [2.05, 4.69) is 14.1 Å². The highest BCUT2D eigenvalue weighted by molar-refractivity contribution is 7.00. The lowest BCUT2D eigenvalue weighted by molar-refractivity contribution is 0.101. The minimum Gasteiger partial charge on any atom is -0.496 e.